The number of piperazine rings is 1. The largest absolute Gasteiger partial charge is 0.419 e. The van der Waals surface area contributed by atoms with E-state index in [0.717, 1.165) is 11.0 Å². The summed E-state index contributed by atoms with van der Waals surface area (Å²) in [7, 11) is 0. The average molecular weight is 245 g/mol. The Bertz CT molecular complexity index is 433. The quantitative estimate of drug-likeness (QED) is 0.804. The molecule has 0 atom stereocenters. The van der Waals surface area contributed by atoms with Crippen molar-refractivity contribution in [3.8, 4) is 0 Å². The van der Waals surface area contributed by atoms with Crippen LogP contribution in [0.15, 0.2) is 18.3 Å². The molecule has 0 aliphatic carbocycles. The molecule has 1 aromatic heterocycles. The maximum atomic E-state index is 12.7. The Morgan fingerprint density at radius 1 is 1.41 bits per heavy atom. The van der Waals surface area contributed by atoms with Gasteiger partial charge in [0.2, 0.25) is 5.91 Å². The van der Waals surface area contributed by atoms with Crippen LogP contribution in [0.2, 0.25) is 0 Å². The maximum Gasteiger partial charge on any atom is 0.419 e. The number of nitrogens with one attached hydrogen (secondary N) is 1. The third kappa shape index (κ3) is 2.38. The minimum Gasteiger partial charge on any atom is -0.307 e. The van der Waals surface area contributed by atoms with Crippen molar-refractivity contribution in [3.05, 3.63) is 23.9 Å². The third-order valence-electron chi connectivity index (χ3n) is 2.44. The third-order valence-corrected chi connectivity index (χ3v) is 2.44. The van der Waals surface area contributed by atoms with Gasteiger partial charge in [-0.15, -0.1) is 0 Å². The monoisotopic (exact) mass is 245 g/mol. The van der Waals surface area contributed by atoms with Gasteiger partial charge in [0, 0.05) is 19.3 Å². The van der Waals surface area contributed by atoms with Crippen LogP contribution < -0.4 is 10.2 Å². The van der Waals surface area contributed by atoms with E-state index < -0.39 is 17.6 Å². The fourth-order valence-electron chi connectivity index (χ4n) is 1.66. The summed E-state index contributed by atoms with van der Waals surface area (Å²) < 4.78 is 38.2. The summed E-state index contributed by atoms with van der Waals surface area (Å²) in [5, 5.41) is 2.79. The fraction of sp³-hybridized carbons (Fsp3) is 0.400. The summed E-state index contributed by atoms with van der Waals surface area (Å²) in [5.41, 5.74) is -0.879. The topological polar surface area (TPSA) is 45.2 Å². The van der Waals surface area contributed by atoms with Crippen molar-refractivity contribution >= 4 is 11.7 Å². The SMILES string of the molecule is O=C1CNCCN1c1ncccc1C(F)(F)F. The normalized spacial score (nSPS) is 17.4. The molecule has 2 rings (SSSR count). The molecule has 1 fully saturated rings. The number of rotatable bonds is 1. The Balaban J connectivity index is 2.41. The molecule has 2 heterocycles. The standard InChI is InChI=1S/C10H10F3N3O/c11-10(12,13)7-2-1-3-15-9(7)16-5-4-14-6-8(16)17/h1-3,14H,4-6H2. The number of hydrogen-bond acceptors (Lipinski definition) is 3. The van der Waals surface area contributed by atoms with Crippen LogP contribution in [0, 0.1) is 0 Å². The second kappa shape index (κ2) is 4.33. The van der Waals surface area contributed by atoms with Gasteiger partial charge in [-0.05, 0) is 12.1 Å². The Labute approximate surface area is 95.4 Å². The fourth-order valence-corrected chi connectivity index (χ4v) is 1.66. The minimum atomic E-state index is -4.51. The molecule has 1 aromatic rings. The molecule has 1 aliphatic rings. The summed E-state index contributed by atoms with van der Waals surface area (Å²) >= 11 is 0. The van der Waals surface area contributed by atoms with E-state index in [9.17, 15) is 18.0 Å². The van der Waals surface area contributed by atoms with E-state index in [0.29, 0.717) is 6.54 Å². The van der Waals surface area contributed by atoms with Crippen molar-refractivity contribution in [2.24, 2.45) is 0 Å². The first-order valence-corrected chi connectivity index (χ1v) is 5.03. The number of aromatic nitrogens is 1. The minimum absolute atomic E-state index is 0.0356. The molecular weight excluding hydrogens is 235 g/mol. The molecule has 1 aliphatic heterocycles. The van der Waals surface area contributed by atoms with Gasteiger partial charge in [-0.2, -0.15) is 13.2 Å². The first-order valence-electron chi connectivity index (χ1n) is 5.03. The van der Waals surface area contributed by atoms with E-state index >= 15 is 0 Å². The average Bonchev–Trinajstić information content (AvgIpc) is 2.28. The Morgan fingerprint density at radius 2 is 2.18 bits per heavy atom. The number of alkyl halides is 3. The smallest absolute Gasteiger partial charge is 0.307 e. The summed E-state index contributed by atoms with van der Waals surface area (Å²) in [4.78, 5) is 16.3. The summed E-state index contributed by atoms with van der Waals surface area (Å²) in [6.07, 6.45) is -3.26. The Morgan fingerprint density at radius 3 is 2.82 bits per heavy atom. The Kier molecular flexibility index (Phi) is 3.01. The Hall–Kier alpha value is -1.63. The van der Waals surface area contributed by atoms with Crippen LogP contribution in [-0.4, -0.2) is 30.5 Å². The number of carbonyl (C=O) groups is 1. The van der Waals surface area contributed by atoms with Crippen molar-refractivity contribution in [2.75, 3.05) is 24.5 Å². The molecule has 1 N–H and O–H groups in total. The summed E-state index contributed by atoms with van der Waals surface area (Å²) in [5.74, 6) is -0.716. The first-order chi connectivity index (χ1) is 8.00. The van der Waals surface area contributed by atoms with Gasteiger partial charge in [0.05, 0.1) is 12.1 Å². The van der Waals surface area contributed by atoms with Gasteiger partial charge in [-0.1, -0.05) is 0 Å². The zero-order valence-corrected chi connectivity index (χ0v) is 8.79. The molecule has 4 nitrogen and oxygen atoms in total. The van der Waals surface area contributed by atoms with Gasteiger partial charge in [0.1, 0.15) is 5.82 Å². The maximum absolute atomic E-state index is 12.7. The van der Waals surface area contributed by atoms with Gasteiger partial charge >= 0.3 is 6.18 Å². The lowest BCUT2D eigenvalue weighted by Crippen LogP contribution is -2.49. The van der Waals surface area contributed by atoms with Crippen LogP contribution >= 0.6 is 0 Å². The summed E-state index contributed by atoms with van der Waals surface area (Å²) in [6, 6.07) is 2.14. The lowest BCUT2D eigenvalue weighted by atomic mass is 10.2. The lowest BCUT2D eigenvalue weighted by molar-refractivity contribution is -0.137. The molecule has 0 saturated carbocycles. The van der Waals surface area contributed by atoms with Gasteiger partial charge in [-0.3, -0.25) is 9.69 Å². The van der Waals surface area contributed by atoms with E-state index in [2.05, 4.69) is 10.3 Å². The number of halogens is 3. The molecule has 0 radical (unpaired) electrons. The molecule has 1 saturated heterocycles. The van der Waals surface area contributed by atoms with Gasteiger partial charge < -0.3 is 5.32 Å². The van der Waals surface area contributed by atoms with E-state index in [4.69, 9.17) is 0 Å². The van der Waals surface area contributed by atoms with Crippen LogP contribution in [0.3, 0.4) is 0 Å². The van der Waals surface area contributed by atoms with Crippen LogP contribution in [0.4, 0.5) is 19.0 Å². The lowest BCUT2D eigenvalue weighted by Gasteiger charge is -2.28. The highest BCUT2D eigenvalue weighted by molar-refractivity contribution is 5.95. The van der Waals surface area contributed by atoms with E-state index in [1.807, 2.05) is 0 Å². The van der Waals surface area contributed by atoms with E-state index in [1.165, 1.54) is 12.3 Å². The highest BCUT2D eigenvalue weighted by Gasteiger charge is 2.37. The highest BCUT2D eigenvalue weighted by Crippen LogP contribution is 2.35. The van der Waals surface area contributed by atoms with Crippen molar-refractivity contribution in [1.82, 2.24) is 10.3 Å². The van der Waals surface area contributed by atoms with Crippen LogP contribution in [0.25, 0.3) is 0 Å². The second-order valence-electron chi connectivity index (χ2n) is 3.59. The number of pyridine rings is 1. The van der Waals surface area contributed by atoms with Gasteiger partial charge in [0.15, 0.2) is 0 Å². The van der Waals surface area contributed by atoms with Crippen molar-refractivity contribution < 1.29 is 18.0 Å². The number of carbonyl (C=O) groups excluding carboxylic acids is 1. The van der Waals surface area contributed by atoms with Crippen molar-refractivity contribution in [1.29, 1.82) is 0 Å². The second-order valence-corrected chi connectivity index (χ2v) is 3.59. The van der Waals surface area contributed by atoms with E-state index in [1.54, 1.807) is 0 Å². The van der Waals surface area contributed by atoms with Crippen LogP contribution in [-0.2, 0) is 11.0 Å². The van der Waals surface area contributed by atoms with Crippen LogP contribution in [0.1, 0.15) is 5.56 Å². The number of hydrogen-bond donors (Lipinski definition) is 1. The van der Waals surface area contributed by atoms with Gasteiger partial charge in [0.25, 0.3) is 0 Å². The molecule has 0 spiro atoms. The molecule has 17 heavy (non-hydrogen) atoms. The molecule has 0 unspecified atom stereocenters. The molecule has 0 aromatic carbocycles. The number of amides is 1. The molecule has 0 bridgehead atoms. The highest BCUT2D eigenvalue weighted by atomic mass is 19.4. The molecular formula is C10H10F3N3O. The van der Waals surface area contributed by atoms with E-state index in [-0.39, 0.29) is 18.9 Å². The van der Waals surface area contributed by atoms with Crippen LogP contribution in [0.5, 0.6) is 0 Å². The molecule has 92 valence electrons. The zero-order valence-electron chi connectivity index (χ0n) is 8.79. The van der Waals surface area contributed by atoms with Gasteiger partial charge in [-0.25, -0.2) is 4.98 Å². The number of nitrogens with zero attached hydrogens (tertiary/aromatic N) is 2. The number of anilines is 1. The van der Waals surface area contributed by atoms with Crippen molar-refractivity contribution in [3.63, 3.8) is 0 Å². The molecule has 1 amide bonds. The predicted molar refractivity (Wildman–Crippen MR) is 54.5 cm³/mol. The first kappa shape index (κ1) is 11.8. The van der Waals surface area contributed by atoms with Crippen molar-refractivity contribution in [2.45, 2.75) is 6.18 Å². The predicted octanol–water partition coefficient (Wildman–Crippen LogP) is 1.04. The molecule has 7 heteroatoms. The zero-order chi connectivity index (χ0) is 12.5. The summed E-state index contributed by atoms with van der Waals surface area (Å²) in [6.45, 7) is 0.687.